The lowest BCUT2D eigenvalue weighted by Gasteiger charge is -2.27. The predicted molar refractivity (Wildman–Crippen MR) is 123 cm³/mol. The van der Waals surface area contributed by atoms with Crippen LogP contribution in [0.15, 0.2) is 42.5 Å². The van der Waals surface area contributed by atoms with Gasteiger partial charge in [-0.15, -0.1) is 0 Å². The Morgan fingerprint density at radius 2 is 2.06 bits per heavy atom. The van der Waals surface area contributed by atoms with Gasteiger partial charge in [-0.1, -0.05) is 25.5 Å². The number of ether oxygens (including phenoxy) is 1. The summed E-state index contributed by atoms with van der Waals surface area (Å²) < 4.78 is 5.94. The van der Waals surface area contributed by atoms with Crippen LogP contribution in [0.4, 0.5) is 11.4 Å². The van der Waals surface area contributed by atoms with Crippen LogP contribution < -0.4 is 20.7 Å². The average molecular weight is 423 g/mol. The number of anilines is 2. The first kappa shape index (κ1) is 22.3. The van der Waals surface area contributed by atoms with Crippen molar-refractivity contribution in [3.8, 4) is 5.75 Å². The number of benzene rings is 2. The summed E-state index contributed by atoms with van der Waals surface area (Å²) >= 11 is 0. The Bertz CT molecular complexity index is 973. The number of aryl methyl sites for hydroxylation is 1. The molecule has 7 heteroatoms. The summed E-state index contributed by atoms with van der Waals surface area (Å²) in [6.45, 7) is 4.64. The fourth-order valence-corrected chi connectivity index (χ4v) is 3.66. The topological polar surface area (TPSA) is 109 Å². The molecule has 0 aliphatic carbocycles. The molecular weight excluding hydrogens is 392 g/mol. The second kappa shape index (κ2) is 10.1. The number of carbonyl (C=O) groups excluding carboxylic acids is 2. The summed E-state index contributed by atoms with van der Waals surface area (Å²) in [6.07, 6.45) is 3.18. The summed E-state index contributed by atoms with van der Waals surface area (Å²) in [5.41, 5.74) is 8.54. The van der Waals surface area contributed by atoms with E-state index in [9.17, 15) is 9.59 Å². The molecule has 1 aliphatic heterocycles. The van der Waals surface area contributed by atoms with E-state index in [1.807, 2.05) is 36.9 Å². The average Bonchev–Trinajstić information content (AvgIpc) is 2.75. The van der Waals surface area contributed by atoms with Crippen molar-refractivity contribution in [1.29, 1.82) is 5.41 Å². The van der Waals surface area contributed by atoms with Crippen LogP contribution in [-0.4, -0.2) is 30.3 Å². The molecule has 0 spiro atoms. The van der Waals surface area contributed by atoms with E-state index in [2.05, 4.69) is 5.32 Å². The second-order valence-electron chi connectivity index (χ2n) is 7.83. The Balaban J connectivity index is 1.72. The third kappa shape index (κ3) is 5.63. The SMILES string of the molecule is CCCC(Oc1cccc(C(=N)N)c1)C(=O)Nc1ccc(N2CCCCC2=O)cc1C. The van der Waals surface area contributed by atoms with Gasteiger partial charge >= 0.3 is 0 Å². The zero-order valence-electron chi connectivity index (χ0n) is 18.1. The number of carbonyl (C=O) groups is 2. The number of rotatable bonds is 8. The van der Waals surface area contributed by atoms with E-state index in [0.29, 0.717) is 29.8 Å². The molecule has 1 atom stereocenters. The number of nitrogen functional groups attached to an aromatic ring is 1. The third-order valence-electron chi connectivity index (χ3n) is 5.37. The summed E-state index contributed by atoms with van der Waals surface area (Å²) in [6, 6.07) is 12.5. The molecule has 1 saturated heterocycles. The van der Waals surface area contributed by atoms with Gasteiger partial charge in [0.15, 0.2) is 6.10 Å². The molecule has 0 bridgehead atoms. The fraction of sp³-hybridized carbons (Fsp3) is 0.375. The molecule has 164 valence electrons. The van der Waals surface area contributed by atoms with Crippen molar-refractivity contribution in [2.75, 3.05) is 16.8 Å². The number of amidine groups is 1. The van der Waals surface area contributed by atoms with E-state index in [4.69, 9.17) is 15.9 Å². The van der Waals surface area contributed by atoms with E-state index < -0.39 is 6.10 Å². The highest BCUT2D eigenvalue weighted by atomic mass is 16.5. The minimum atomic E-state index is -0.671. The van der Waals surface area contributed by atoms with E-state index in [1.54, 1.807) is 24.3 Å². The molecule has 31 heavy (non-hydrogen) atoms. The molecule has 0 aromatic heterocycles. The van der Waals surface area contributed by atoms with Crippen molar-refractivity contribution in [3.63, 3.8) is 0 Å². The number of nitrogens with zero attached hydrogens (tertiary/aromatic N) is 1. The largest absolute Gasteiger partial charge is 0.481 e. The van der Waals surface area contributed by atoms with Crippen molar-refractivity contribution in [2.24, 2.45) is 5.73 Å². The number of piperidine rings is 1. The van der Waals surface area contributed by atoms with Crippen LogP contribution in [0.25, 0.3) is 0 Å². The first-order valence-electron chi connectivity index (χ1n) is 10.7. The van der Waals surface area contributed by atoms with Crippen LogP contribution >= 0.6 is 0 Å². The number of hydrogen-bond donors (Lipinski definition) is 3. The Kier molecular flexibility index (Phi) is 7.28. The van der Waals surface area contributed by atoms with Crippen molar-refractivity contribution in [2.45, 2.75) is 52.1 Å². The van der Waals surface area contributed by atoms with Crippen molar-refractivity contribution in [1.82, 2.24) is 0 Å². The lowest BCUT2D eigenvalue weighted by atomic mass is 10.1. The van der Waals surface area contributed by atoms with Gasteiger partial charge in [-0.25, -0.2) is 0 Å². The second-order valence-corrected chi connectivity index (χ2v) is 7.83. The Hall–Kier alpha value is -3.35. The standard InChI is InChI=1S/C24H30N4O3/c1-3-7-21(31-19-9-6-8-17(15-19)23(25)26)24(30)27-20-12-11-18(14-16(20)2)28-13-5-4-10-22(28)29/h6,8-9,11-12,14-15,21H,3-5,7,10,13H2,1-2H3,(H3,25,26)(H,27,30). The van der Waals surface area contributed by atoms with Gasteiger partial charge in [0, 0.05) is 29.9 Å². The summed E-state index contributed by atoms with van der Waals surface area (Å²) in [5.74, 6) is 0.355. The molecule has 0 radical (unpaired) electrons. The highest BCUT2D eigenvalue weighted by Gasteiger charge is 2.22. The van der Waals surface area contributed by atoms with Gasteiger partial charge in [0.1, 0.15) is 11.6 Å². The van der Waals surface area contributed by atoms with Crippen molar-refractivity contribution >= 4 is 29.0 Å². The zero-order valence-corrected chi connectivity index (χ0v) is 18.1. The maximum atomic E-state index is 12.9. The first-order valence-corrected chi connectivity index (χ1v) is 10.7. The molecule has 2 amide bonds. The van der Waals surface area contributed by atoms with Gasteiger partial charge in [-0.05, 0) is 62.1 Å². The maximum Gasteiger partial charge on any atom is 0.265 e. The van der Waals surface area contributed by atoms with Crippen LogP contribution in [0, 0.1) is 12.3 Å². The van der Waals surface area contributed by atoms with Crippen LogP contribution in [0.5, 0.6) is 5.75 Å². The number of hydrogen-bond acceptors (Lipinski definition) is 4. The first-order chi connectivity index (χ1) is 14.9. The normalized spacial score (nSPS) is 14.8. The molecular formula is C24H30N4O3. The highest BCUT2D eigenvalue weighted by molar-refractivity contribution is 5.97. The van der Waals surface area contributed by atoms with Crippen LogP contribution in [0.1, 0.15) is 50.2 Å². The third-order valence-corrected chi connectivity index (χ3v) is 5.37. The molecule has 2 aromatic rings. The molecule has 4 N–H and O–H groups in total. The quantitative estimate of drug-likeness (QED) is 0.441. The summed E-state index contributed by atoms with van der Waals surface area (Å²) in [5, 5.41) is 10.5. The molecule has 7 nitrogen and oxygen atoms in total. The van der Waals surface area contributed by atoms with Crippen molar-refractivity contribution in [3.05, 3.63) is 53.6 Å². The molecule has 1 heterocycles. The van der Waals surface area contributed by atoms with Gasteiger partial charge in [0.2, 0.25) is 5.91 Å². The van der Waals surface area contributed by atoms with Gasteiger partial charge in [-0.3, -0.25) is 15.0 Å². The molecule has 0 saturated carbocycles. The highest BCUT2D eigenvalue weighted by Crippen LogP contribution is 2.26. The molecule has 1 aliphatic rings. The molecule has 2 aromatic carbocycles. The van der Waals surface area contributed by atoms with Crippen molar-refractivity contribution < 1.29 is 14.3 Å². The molecule has 1 unspecified atom stereocenters. The predicted octanol–water partition coefficient (Wildman–Crippen LogP) is 3.98. The Morgan fingerprint density at radius 1 is 1.26 bits per heavy atom. The van der Waals surface area contributed by atoms with Crippen LogP contribution in [0.3, 0.4) is 0 Å². The van der Waals surface area contributed by atoms with E-state index in [1.165, 1.54) is 0 Å². The van der Waals surface area contributed by atoms with Gasteiger partial charge in [0.05, 0.1) is 0 Å². The smallest absolute Gasteiger partial charge is 0.265 e. The van der Waals surface area contributed by atoms with E-state index in [0.717, 1.165) is 37.1 Å². The fourth-order valence-electron chi connectivity index (χ4n) is 3.66. The maximum absolute atomic E-state index is 12.9. The van der Waals surface area contributed by atoms with Crippen LogP contribution in [0.2, 0.25) is 0 Å². The number of nitrogens with two attached hydrogens (primary N) is 1. The number of nitrogens with one attached hydrogen (secondary N) is 2. The zero-order chi connectivity index (χ0) is 22.4. The van der Waals surface area contributed by atoms with E-state index in [-0.39, 0.29) is 17.6 Å². The Labute approximate surface area is 183 Å². The minimum Gasteiger partial charge on any atom is -0.481 e. The minimum absolute atomic E-state index is 0.0511. The van der Waals surface area contributed by atoms with E-state index >= 15 is 0 Å². The Morgan fingerprint density at radius 3 is 2.74 bits per heavy atom. The lowest BCUT2D eigenvalue weighted by Crippen LogP contribution is -2.35. The van der Waals surface area contributed by atoms with Gasteiger partial charge in [-0.2, -0.15) is 0 Å². The summed E-state index contributed by atoms with van der Waals surface area (Å²) in [7, 11) is 0. The van der Waals surface area contributed by atoms with Crippen LogP contribution in [-0.2, 0) is 9.59 Å². The molecule has 1 fully saturated rings. The number of amides is 2. The molecule has 3 rings (SSSR count). The van der Waals surface area contributed by atoms with Gasteiger partial charge in [0.25, 0.3) is 5.91 Å². The lowest BCUT2D eigenvalue weighted by molar-refractivity contribution is -0.123. The van der Waals surface area contributed by atoms with Gasteiger partial charge < -0.3 is 20.7 Å². The summed E-state index contributed by atoms with van der Waals surface area (Å²) in [4.78, 5) is 26.9. The monoisotopic (exact) mass is 422 g/mol.